The monoisotopic (exact) mass is 380 g/mol. The van der Waals surface area contributed by atoms with Crippen molar-refractivity contribution in [3.05, 3.63) is 9.93 Å². The van der Waals surface area contributed by atoms with Gasteiger partial charge in [-0.2, -0.15) is 9.59 Å². The Hall–Kier alpha value is -2.71. The summed E-state index contributed by atoms with van der Waals surface area (Å²) in [6.45, 7) is 0. The largest absolute Gasteiger partial charge is 0.412 e. The number of aldehydes is 2. The first-order valence-electron chi connectivity index (χ1n) is 2.74. The molecule has 0 aliphatic carbocycles. The summed E-state index contributed by atoms with van der Waals surface area (Å²) >= 11 is 0. The molecule has 0 heterocycles. The first kappa shape index (κ1) is 117. The molecular formula is C15H40O10. The Kier molecular flexibility index (Phi) is 476. The SMILES string of the molecule is C.C.C.C.C.C.C.C.C.O.O=C=O.O=CC(=O)C(=O)C(=O)C=O.O=O. The van der Waals surface area contributed by atoms with Crippen LogP contribution in [0.15, 0.2) is 0 Å². The lowest BCUT2D eigenvalue weighted by Gasteiger charge is -1.80. The zero-order valence-corrected chi connectivity index (χ0v) is 7.33. The molecule has 0 atom stereocenters. The molecule has 0 radical (unpaired) electrons. The predicted octanol–water partition coefficient (Wildman–Crippen LogP) is 2.48. The molecular weight excluding hydrogens is 340 g/mol. The van der Waals surface area contributed by atoms with E-state index in [0.29, 0.717) is 0 Å². The highest BCUT2D eigenvalue weighted by Crippen LogP contribution is 1.73. The second-order valence-electron chi connectivity index (χ2n) is 1.38. The van der Waals surface area contributed by atoms with Crippen LogP contribution in [0.4, 0.5) is 0 Å². The standard InChI is InChI=1S/C5H2O5.CO2.9CH4.O2.H2O/c6-1-3(8)5(10)4(9)2-7;2-1-3;;;;;;;;;;1-2;/h1-2H;;9*1H4;;1H2. The Morgan fingerprint density at radius 3 is 0.760 bits per heavy atom. The summed E-state index contributed by atoms with van der Waals surface area (Å²) in [6.07, 6.45) is -0.381. The van der Waals surface area contributed by atoms with Crippen LogP contribution < -0.4 is 0 Å². The molecule has 160 valence electrons. The summed E-state index contributed by atoms with van der Waals surface area (Å²) in [5, 5.41) is 0. The van der Waals surface area contributed by atoms with Crippen LogP contribution in [0.25, 0.3) is 0 Å². The molecule has 0 aliphatic rings. The fourth-order valence-corrected chi connectivity index (χ4v) is 0.228. The van der Waals surface area contributed by atoms with E-state index in [4.69, 9.17) is 19.5 Å². The number of ketones is 3. The molecule has 0 aromatic carbocycles. The van der Waals surface area contributed by atoms with Gasteiger partial charge in [0.2, 0.25) is 0 Å². The van der Waals surface area contributed by atoms with Crippen molar-refractivity contribution < 1.29 is 39.0 Å². The first-order chi connectivity index (χ1) is 7.04. The quantitative estimate of drug-likeness (QED) is 0.401. The molecule has 0 saturated carbocycles. The van der Waals surface area contributed by atoms with E-state index in [-0.39, 0.29) is 91.0 Å². The number of carbonyl (C=O) groups excluding carboxylic acids is 7. The summed E-state index contributed by atoms with van der Waals surface area (Å²) in [6, 6.07) is 0. The second-order valence-corrected chi connectivity index (χ2v) is 1.38. The summed E-state index contributed by atoms with van der Waals surface area (Å²) in [5.41, 5.74) is 0. The summed E-state index contributed by atoms with van der Waals surface area (Å²) in [5.74, 6) is -4.60. The third-order valence-electron chi connectivity index (χ3n) is 0.662. The van der Waals surface area contributed by atoms with Gasteiger partial charge in [0.1, 0.15) is 0 Å². The number of rotatable bonds is 4. The maximum Gasteiger partial charge on any atom is 0.373 e. The summed E-state index contributed by atoms with van der Waals surface area (Å²) < 4.78 is 0. The van der Waals surface area contributed by atoms with Crippen molar-refractivity contribution in [1.82, 2.24) is 0 Å². The number of Topliss-reactive ketones (excluding diaryl/α,β-unsaturated/α-hetero) is 3. The van der Waals surface area contributed by atoms with Gasteiger partial charge in [-0.05, 0) is 0 Å². The Morgan fingerprint density at radius 2 is 0.680 bits per heavy atom. The van der Waals surface area contributed by atoms with Crippen molar-refractivity contribution in [2.75, 3.05) is 0 Å². The van der Waals surface area contributed by atoms with E-state index in [1.54, 1.807) is 0 Å². The fourth-order valence-electron chi connectivity index (χ4n) is 0.228. The molecule has 0 rings (SSSR count). The molecule has 10 heteroatoms. The molecule has 2 N–H and O–H groups in total. The Balaban J connectivity index is -0.00000000801. The van der Waals surface area contributed by atoms with E-state index in [1.165, 1.54) is 0 Å². The number of hydrogen-bond acceptors (Lipinski definition) is 9. The van der Waals surface area contributed by atoms with E-state index < -0.39 is 17.3 Å². The van der Waals surface area contributed by atoms with Gasteiger partial charge in [-0.25, -0.2) is 0 Å². The lowest BCUT2D eigenvalue weighted by molar-refractivity contribution is -0.191. The highest BCUT2D eigenvalue weighted by atomic mass is 16.7. The summed E-state index contributed by atoms with van der Waals surface area (Å²) in [4.78, 5) is 79.5. The Labute approximate surface area is 152 Å². The average Bonchev–Trinajstić information content (AvgIpc) is 2.29. The smallest absolute Gasteiger partial charge is 0.373 e. The van der Waals surface area contributed by atoms with Crippen LogP contribution in [0, 0.1) is 9.93 Å². The molecule has 0 aliphatic heterocycles. The minimum atomic E-state index is -1.59. The van der Waals surface area contributed by atoms with Gasteiger partial charge >= 0.3 is 6.15 Å². The molecule has 0 bridgehead atoms. The van der Waals surface area contributed by atoms with E-state index in [1.807, 2.05) is 0 Å². The highest BCUT2D eigenvalue weighted by molar-refractivity contribution is 6.82. The zero-order valence-electron chi connectivity index (χ0n) is 7.33. The van der Waals surface area contributed by atoms with E-state index in [2.05, 4.69) is 0 Å². The van der Waals surface area contributed by atoms with Gasteiger partial charge in [-0.1, -0.05) is 66.8 Å². The molecule has 0 aromatic rings. The average molecular weight is 380 g/mol. The van der Waals surface area contributed by atoms with Crippen LogP contribution in [0.2, 0.25) is 0 Å². The van der Waals surface area contributed by atoms with Crippen LogP contribution >= 0.6 is 0 Å². The molecule has 0 unspecified atom stereocenters. The van der Waals surface area contributed by atoms with Gasteiger partial charge in [-0.15, -0.1) is 0 Å². The molecule has 0 spiro atoms. The van der Waals surface area contributed by atoms with Crippen molar-refractivity contribution >= 4 is 36.1 Å². The van der Waals surface area contributed by atoms with Gasteiger partial charge in [0, 0.05) is 9.93 Å². The van der Waals surface area contributed by atoms with Gasteiger partial charge < -0.3 is 5.48 Å². The van der Waals surface area contributed by atoms with E-state index >= 15 is 0 Å². The topological polar surface area (TPSA) is 185 Å². The maximum atomic E-state index is 10.1. The first-order valence-corrected chi connectivity index (χ1v) is 2.74. The third kappa shape index (κ3) is 91.8. The van der Waals surface area contributed by atoms with Crippen LogP contribution in [0.1, 0.15) is 66.8 Å². The van der Waals surface area contributed by atoms with Crippen LogP contribution in [0.3, 0.4) is 0 Å². The molecule has 0 amide bonds. The number of hydrogen-bond donors (Lipinski definition) is 0. The molecule has 0 saturated heterocycles. The molecule has 25 heavy (non-hydrogen) atoms. The van der Waals surface area contributed by atoms with Crippen molar-refractivity contribution in [1.29, 1.82) is 0 Å². The van der Waals surface area contributed by atoms with Gasteiger partial charge in [-0.3, -0.25) is 24.0 Å². The molecule has 0 aromatic heterocycles. The minimum Gasteiger partial charge on any atom is -0.412 e. The van der Waals surface area contributed by atoms with Gasteiger partial charge in [0.05, 0.1) is 0 Å². The van der Waals surface area contributed by atoms with Crippen LogP contribution in [0.5, 0.6) is 0 Å². The minimum absolute atomic E-state index is 0. The van der Waals surface area contributed by atoms with Crippen LogP contribution in [-0.2, 0) is 33.6 Å². The fraction of sp³-hybridized carbons (Fsp3) is 0.600. The molecule has 0 fully saturated rings. The Morgan fingerprint density at radius 1 is 0.560 bits per heavy atom. The highest BCUT2D eigenvalue weighted by Gasteiger charge is 2.20. The van der Waals surface area contributed by atoms with Crippen molar-refractivity contribution in [2.24, 2.45) is 0 Å². The van der Waals surface area contributed by atoms with E-state index in [0.717, 1.165) is 0 Å². The summed E-state index contributed by atoms with van der Waals surface area (Å²) in [7, 11) is 0. The van der Waals surface area contributed by atoms with Gasteiger partial charge in [0.25, 0.3) is 17.3 Å². The normalized spacial score (nSPS) is 3.68. The predicted molar refractivity (Wildman–Crippen MR) is 103 cm³/mol. The van der Waals surface area contributed by atoms with Crippen LogP contribution in [-0.4, -0.2) is 41.5 Å². The Bertz CT molecular complexity index is 283. The zero-order chi connectivity index (χ0) is 12.9. The lowest BCUT2D eigenvalue weighted by Crippen LogP contribution is -2.25. The maximum absolute atomic E-state index is 10.1. The van der Waals surface area contributed by atoms with Crippen molar-refractivity contribution in [2.45, 2.75) is 66.8 Å². The number of carbonyl (C=O) groups is 5. The third-order valence-corrected chi connectivity index (χ3v) is 0.662. The van der Waals surface area contributed by atoms with Crippen molar-refractivity contribution in [3.8, 4) is 0 Å². The van der Waals surface area contributed by atoms with Crippen molar-refractivity contribution in [3.63, 3.8) is 0 Å². The van der Waals surface area contributed by atoms with E-state index in [9.17, 15) is 24.0 Å². The molecule has 10 nitrogen and oxygen atoms in total. The lowest BCUT2D eigenvalue weighted by atomic mass is 10.2. The van der Waals surface area contributed by atoms with Gasteiger partial charge in [0.15, 0.2) is 12.6 Å². The second kappa shape index (κ2) is 102.